The third kappa shape index (κ3) is 5.55. The molecule has 5 rings (SSSR count). The van der Waals surface area contributed by atoms with Gasteiger partial charge < -0.3 is 24.8 Å². The molecule has 1 aromatic carbocycles. The van der Waals surface area contributed by atoms with E-state index in [9.17, 15) is 14.4 Å². The number of hydrogen-bond acceptors (Lipinski definition) is 6. The lowest BCUT2D eigenvalue weighted by Gasteiger charge is -2.39. The van der Waals surface area contributed by atoms with E-state index in [1.54, 1.807) is 13.2 Å². The molecule has 0 heterocycles. The fourth-order valence-electron chi connectivity index (χ4n) is 7.72. The fourth-order valence-corrected chi connectivity index (χ4v) is 7.72. The Labute approximate surface area is 238 Å². The second-order valence-electron chi connectivity index (χ2n) is 13.4. The minimum absolute atomic E-state index is 0.0439. The number of hydrogen-bond donors (Lipinski definition) is 2. The van der Waals surface area contributed by atoms with Crippen LogP contribution in [-0.4, -0.2) is 50.7 Å². The summed E-state index contributed by atoms with van der Waals surface area (Å²) in [4.78, 5) is 39.3. The number of benzene rings is 1. The van der Waals surface area contributed by atoms with Crippen LogP contribution >= 0.6 is 0 Å². The van der Waals surface area contributed by atoms with Crippen LogP contribution in [0.4, 0.5) is 0 Å². The van der Waals surface area contributed by atoms with Crippen LogP contribution in [0.25, 0.3) is 0 Å². The number of ether oxygens (including phenoxy) is 3. The number of fused-ring (bicyclic) bond motifs is 2. The molecule has 0 aliphatic heterocycles. The van der Waals surface area contributed by atoms with Gasteiger partial charge in [0, 0.05) is 12.6 Å². The lowest BCUT2D eigenvalue weighted by atomic mass is 9.70. The molecule has 4 atom stereocenters. The normalized spacial score (nSPS) is 32.1. The Morgan fingerprint density at radius 2 is 1.68 bits per heavy atom. The van der Waals surface area contributed by atoms with Crippen LogP contribution in [0.2, 0.25) is 0 Å². The molecule has 4 aliphatic carbocycles. The van der Waals surface area contributed by atoms with Crippen LogP contribution < -0.4 is 20.1 Å². The number of nitrogens with one attached hydrogen (secondary N) is 2. The van der Waals surface area contributed by atoms with Gasteiger partial charge in [-0.15, -0.1) is 0 Å². The van der Waals surface area contributed by atoms with Gasteiger partial charge in [0.2, 0.25) is 5.91 Å². The van der Waals surface area contributed by atoms with E-state index in [-0.39, 0.29) is 41.3 Å². The molecule has 0 unspecified atom stereocenters. The van der Waals surface area contributed by atoms with E-state index in [1.165, 1.54) is 13.5 Å². The SMILES string of the molecule is COc1c(C)cc(O[C@H]2CC[C@@](C)(C(=O)OC)CC2)cc1C(=O)N[C@@H]1[C@H]2CC[C@H](C2)[C@@H]1C(=O)NCC1(C)CCC1. The van der Waals surface area contributed by atoms with Gasteiger partial charge in [-0.2, -0.15) is 0 Å². The lowest BCUT2D eigenvalue weighted by Crippen LogP contribution is -2.51. The summed E-state index contributed by atoms with van der Waals surface area (Å²) in [5.74, 6) is 1.28. The fraction of sp³-hybridized carbons (Fsp3) is 0.719. The quantitative estimate of drug-likeness (QED) is 0.419. The lowest BCUT2D eigenvalue weighted by molar-refractivity contribution is -0.154. The van der Waals surface area contributed by atoms with E-state index in [1.807, 2.05) is 19.9 Å². The van der Waals surface area contributed by atoms with Gasteiger partial charge in [0.15, 0.2) is 0 Å². The number of esters is 1. The average molecular weight is 555 g/mol. The highest BCUT2D eigenvalue weighted by Gasteiger charge is 2.51. The highest BCUT2D eigenvalue weighted by Crippen LogP contribution is 2.49. The van der Waals surface area contributed by atoms with E-state index in [0.717, 1.165) is 50.5 Å². The van der Waals surface area contributed by atoms with Crippen LogP contribution in [0.3, 0.4) is 0 Å². The van der Waals surface area contributed by atoms with Gasteiger partial charge in [0.25, 0.3) is 5.91 Å². The largest absolute Gasteiger partial charge is 0.496 e. The molecule has 1 aromatic rings. The summed E-state index contributed by atoms with van der Waals surface area (Å²) >= 11 is 0. The topological polar surface area (TPSA) is 103 Å². The third-order valence-corrected chi connectivity index (χ3v) is 10.5. The predicted octanol–water partition coefficient (Wildman–Crippen LogP) is 4.96. The molecular weight excluding hydrogens is 508 g/mol. The van der Waals surface area contributed by atoms with Crippen molar-refractivity contribution in [2.45, 2.75) is 97.1 Å². The van der Waals surface area contributed by atoms with Crippen LogP contribution in [0.1, 0.15) is 94.0 Å². The van der Waals surface area contributed by atoms with Crippen molar-refractivity contribution in [1.29, 1.82) is 0 Å². The molecule has 0 spiro atoms. The van der Waals surface area contributed by atoms with Crippen molar-refractivity contribution in [3.8, 4) is 11.5 Å². The molecule has 40 heavy (non-hydrogen) atoms. The van der Waals surface area contributed by atoms with Gasteiger partial charge >= 0.3 is 5.97 Å². The first-order valence-electron chi connectivity index (χ1n) is 15.1. The summed E-state index contributed by atoms with van der Waals surface area (Å²) in [6, 6.07) is 3.48. The van der Waals surface area contributed by atoms with E-state index in [4.69, 9.17) is 14.2 Å². The van der Waals surface area contributed by atoms with Gasteiger partial charge in [-0.25, -0.2) is 0 Å². The molecule has 8 heteroatoms. The maximum absolute atomic E-state index is 13.8. The number of aryl methyl sites for hydroxylation is 1. The zero-order valence-electron chi connectivity index (χ0n) is 24.8. The summed E-state index contributed by atoms with van der Waals surface area (Å²) in [5, 5.41) is 6.49. The molecule has 2 N–H and O–H groups in total. The molecule has 220 valence electrons. The zero-order valence-corrected chi connectivity index (χ0v) is 24.8. The molecule has 0 saturated heterocycles. The maximum atomic E-state index is 13.8. The van der Waals surface area contributed by atoms with Crippen molar-refractivity contribution in [3.63, 3.8) is 0 Å². The first kappa shape index (κ1) is 28.7. The Balaban J connectivity index is 1.28. The third-order valence-electron chi connectivity index (χ3n) is 10.5. The Morgan fingerprint density at radius 3 is 2.30 bits per heavy atom. The Bertz CT molecular complexity index is 1140. The smallest absolute Gasteiger partial charge is 0.311 e. The highest BCUT2D eigenvalue weighted by atomic mass is 16.5. The average Bonchev–Trinajstić information content (AvgIpc) is 3.53. The molecule has 4 fully saturated rings. The number of carbonyl (C=O) groups excluding carboxylic acids is 3. The number of rotatable bonds is 9. The van der Waals surface area contributed by atoms with Crippen LogP contribution in [0.5, 0.6) is 11.5 Å². The molecule has 8 nitrogen and oxygen atoms in total. The van der Waals surface area contributed by atoms with E-state index in [0.29, 0.717) is 48.3 Å². The second-order valence-corrected chi connectivity index (χ2v) is 13.4. The Morgan fingerprint density at radius 1 is 0.975 bits per heavy atom. The second kappa shape index (κ2) is 11.2. The molecule has 4 saturated carbocycles. The molecule has 2 bridgehead atoms. The molecule has 4 aliphatic rings. The minimum atomic E-state index is -0.478. The van der Waals surface area contributed by atoms with Gasteiger partial charge in [0.1, 0.15) is 11.5 Å². The summed E-state index contributed by atoms with van der Waals surface area (Å²) < 4.78 is 17.0. The summed E-state index contributed by atoms with van der Waals surface area (Å²) in [7, 11) is 3.01. The van der Waals surface area contributed by atoms with Gasteiger partial charge in [-0.05, 0) is 107 Å². The summed E-state index contributed by atoms with van der Waals surface area (Å²) in [6.45, 7) is 6.82. The van der Waals surface area contributed by atoms with Crippen molar-refractivity contribution >= 4 is 17.8 Å². The maximum Gasteiger partial charge on any atom is 0.311 e. The first-order chi connectivity index (χ1) is 19.1. The van der Waals surface area contributed by atoms with E-state index in [2.05, 4.69) is 17.6 Å². The Kier molecular flexibility index (Phi) is 8.08. The van der Waals surface area contributed by atoms with E-state index >= 15 is 0 Å². The Hall–Kier alpha value is -2.77. The predicted molar refractivity (Wildman–Crippen MR) is 151 cm³/mol. The number of methoxy groups -OCH3 is 2. The van der Waals surface area contributed by atoms with Crippen molar-refractivity contribution in [2.75, 3.05) is 20.8 Å². The standard InChI is InChI=1S/C32H46N2O6/c1-19-15-23(40-22-9-13-32(3,14-10-22)30(37)39-5)17-24(27(19)38-4)28(35)34-26-21-8-7-20(16-21)25(26)29(36)33-18-31(2)11-6-12-31/h15,17,20-22,25-26H,6-14,16,18H2,1-5H3,(H,33,36)(H,34,35)/t20-,21+,22-,25+,26-,32+/m1/s1. The molecule has 0 radical (unpaired) electrons. The van der Waals surface area contributed by atoms with Gasteiger partial charge in [-0.1, -0.05) is 13.3 Å². The zero-order chi connectivity index (χ0) is 28.7. The monoisotopic (exact) mass is 554 g/mol. The van der Waals surface area contributed by atoms with Crippen molar-refractivity contribution in [1.82, 2.24) is 10.6 Å². The minimum Gasteiger partial charge on any atom is -0.496 e. The molecule has 2 amide bonds. The van der Waals surface area contributed by atoms with Crippen molar-refractivity contribution in [2.24, 2.45) is 28.6 Å². The number of amides is 2. The first-order valence-corrected chi connectivity index (χ1v) is 15.1. The molecule has 0 aromatic heterocycles. The summed E-state index contributed by atoms with van der Waals surface area (Å²) in [6.07, 6.45) is 9.45. The summed E-state index contributed by atoms with van der Waals surface area (Å²) in [5.41, 5.74) is 0.982. The van der Waals surface area contributed by atoms with Crippen molar-refractivity contribution < 1.29 is 28.6 Å². The highest BCUT2D eigenvalue weighted by molar-refractivity contribution is 5.98. The van der Waals surface area contributed by atoms with Crippen LogP contribution in [0, 0.1) is 35.5 Å². The van der Waals surface area contributed by atoms with Gasteiger partial charge in [0.05, 0.1) is 37.2 Å². The van der Waals surface area contributed by atoms with E-state index < -0.39 is 5.41 Å². The van der Waals surface area contributed by atoms with Crippen LogP contribution in [0.15, 0.2) is 12.1 Å². The van der Waals surface area contributed by atoms with Gasteiger partial charge in [-0.3, -0.25) is 14.4 Å². The number of carbonyl (C=O) groups is 3. The molecular formula is C32H46N2O6. The van der Waals surface area contributed by atoms with Crippen molar-refractivity contribution in [3.05, 3.63) is 23.3 Å². The van der Waals surface area contributed by atoms with Crippen LogP contribution in [-0.2, 0) is 14.3 Å².